The van der Waals surface area contributed by atoms with E-state index in [0.29, 0.717) is 25.0 Å². The van der Waals surface area contributed by atoms with Crippen LogP contribution in [0.5, 0.6) is 0 Å². The zero-order valence-corrected chi connectivity index (χ0v) is 22.6. The zero-order chi connectivity index (χ0) is 30.0. The van der Waals surface area contributed by atoms with Gasteiger partial charge in [-0.15, -0.1) is 0 Å². The van der Waals surface area contributed by atoms with Crippen LogP contribution in [-0.2, 0) is 28.6 Å². The number of piperazine rings is 1. The highest BCUT2D eigenvalue weighted by Crippen LogP contribution is 2.50. The van der Waals surface area contributed by atoms with Crippen LogP contribution in [0.25, 0.3) is 11.1 Å². The molecule has 40 heavy (non-hydrogen) atoms. The van der Waals surface area contributed by atoms with E-state index in [9.17, 15) is 39.9 Å². The second kappa shape index (κ2) is 10.2. The van der Waals surface area contributed by atoms with Crippen molar-refractivity contribution in [3.8, 4) is 11.1 Å². The molecule has 2 aliphatic rings. The molecular weight excluding hydrogens is 572 g/mol. The molecule has 2 unspecified atom stereocenters. The van der Waals surface area contributed by atoms with Crippen molar-refractivity contribution in [2.75, 3.05) is 19.3 Å². The van der Waals surface area contributed by atoms with Gasteiger partial charge in [-0.3, -0.25) is 4.90 Å². The normalized spacial score (nSPS) is 21.3. The van der Waals surface area contributed by atoms with Crippen molar-refractivity contribution < 1.29 is 48.6 Å². The first-order chi connectivity index (χ1) is 18.3. The number of sulfonamides is 1. The van der Waals surface area contributed by atoms with E-state index in [2.05, 4.69) is 0 Å². The standard InChI is InChI=1S/C26H28F8N2O3S/c1-4-18-20(19-8-5-15(9-14(19)2)24(37,25(29,30)31)26(32,33)34)10-22(27)21(23(18)28)13-35-11-16-6-7-17(12-35)36(16)40(3,38)39/h5,8-10,16-17,37H,4,6-7,11-13H2,1-3H3. The molecule has 2 aliphatic heterocycles. The summed E-state index contributed by atoms with van der Waals surface area (Å²) >= 11 is 0. The summed E-state index contributed by atoms with van der Waals surface area (Å²) in [6, 6.07) is 2.22. The van der Waals surface area contributed by atoms with Crippen molar-refractivity contribution in [2.45, 2.75) is 69.7 Å². The maximum Gasteiger partial charge on any atom is 0.430 e. The van der Waals surface area contributed by atoms with Gasteiger partial charge in [-0.25, -0.2) is 17.2 Å². The van der Waals surface area contributed by atoms with Gasteiger partial charge in [-0.1, -0.05) is 25.1 Å². The number of aryl methyl sites for hydroxylation is 1. The number of rotatable bonds is 6. The summed E-state index contributed by atoms with van der Waals surface area (Å²) in [5, 5.41) is 9.71. The second-order valence-corrected chi connectivity index (χ2v) is 12.3. The Bertz CT molecular complexity index is 1380. The van der Waals surface area contributed by atoms with Crippen LogP contribution in [0.15, 0.2) is 24.3 Å². The quantitative estimate of drug-likeness (QED) is 0.450. The van der Waals surface area contributed by atoms with E-state index < -0.39 is 45.2 Å². The van der Waals surface area contributed by atoms with E-state index in [1.165, 1.54) is 11.2 Å². The van der Waals surface area contributed by atoms with Crippen LogP contribution in [-0.4, -0.2) is 66.5 Å². The molecule has 0 radical (unpaired) electrons. The minimum Gasteiger partial charge on any atom is -0.369 e. The van der Waals surface area contributed by atoms with E-state index in [-0.39, 0.29) is 66.0 Å². The Labute approximate surface area is 226 Å². The van der Waals surface area contributed by atoms with Crippen molar-refractivity contribution in [1.29, 1.82) is 0 Å². The smallest absolute Gasteiger partial charge is 0.369 e. The van der Waals surface area contributed by atoms with Crippen molar-refractivity contribution >= 4 is 10.0 Å². The molecule has 0 spiro atoms. The fourth-order valence-corrected chi connectivity index (χ4v) is 7.39. The Morgan fingerprint density at radius 2 is 1.48 bits per heavy atom. The first-order valence-corrected chi connectivity index (χ1v) is 14.3. The molecule has 2 aromatic carbocycles. The summed E-state index contributed by atoms with van der Waals surface area (Å²) in [6.45, 7) is 3.19. The number of aliphatic hydroxyl groups is 1. The van der Waals surface area contributed by atoms with Gasteiger partial charge in [-0.05, 0) is 54.5 Å². The molecule has 1 N–H and O–H groups in total. The highest BCUT2D eigenvalue weighted by molar-refractivity contribution is 7.88. The Morgan fingerprint density at radius 3 is 1.93 bits per heavy atom. The van der Waals surface area contributed by atoms with Crippen molar-refractivity contribution in [1.82, 2.24) is 9.21 Å². The van der Waals surface area contributed by atoms with Crippen LogP contribution in [0.1, 0.15) is 42.0 Å². The monoisotopic (exact) mass is 600 g/mol. The summed E-state index contributed by atoms with van der Waals surface area (Å²) in [6.07, 6.45) is -9.71. The number of likely N-dealkylation sites (tertiary alicyclic amines) is 1. The van der Waals surface area contributed by atoms with Gasteiger partial charge in [0.25, 0.3) is 5.60 Å². The highest BCUT2D eigenvalue weighted by atomic mass is 32.2. The first kappa shape index (κ1) is 30.7. The van der Waals surface area contributed by atoms with Crippen molar-refractivity contribution in [2.24, 2.45) is 0 Å². The Hall–Kier alpha value is -2.29. The van der Waals surface area contributed by atoms with Crippen LogP contribution >= 0.6 is 0 Å². The number of benzene rings is 2. The van der Waals surface area contributed by atoms with Gasteiger partial charge in [0.1, 0.15) is 11.6 Å². The van der Waals surface area contributed by atoms with E-state index in [1.807, 2.05) is 0 Å². The lowest BCUT2D eigenvalue weighted by molar-refractivity contribution is -0.376. The largest absolute Gasteiger partial charge is 0.430 e. The molecule has 2 atom stereocenters. The third kappa shape index (κ3) is 5.12. The van der Waals surface area contributed by atoms with Gasteiger partial charge in [0.15, 0.2) is 0 Å². The molecule has 0 saturated carbocycles. The lowest BCUT2D eigenvalue weighted by Crippen LogP contribution is -2.55. The molecule has 5 nitrogen and oxygen atoms in total. The van der Waals surface area contributed by atoms with E-state index >= 15 is 8.78 Å². The predicted molar refractivity (Wildman–Crippen MR) is 131 cm³/mol. The first-order valence-electron chi connectivity index (χ1n) is 12.5. The molecule has 0 amide bonds. The fraction of sp³-hybridized carbons (Fsp3) is 0.538. The highest BCUT2D eigenvalue weighted by Gasteiger charge is 2.71. The van der Waals surface area contributed by atoms with Gasteiger partial charge in [0.2, 0.25) is 10.0 Å². The molecule has 0 aliphatic carbocycles. The van der Waals surface area contributed by atoms with Gasteiger partial charge >= 0.3 is 12.4 Å². The molecule has 2 heterocycles. The number of halogens is 8. The molecule has 222 valence electrons. The number of hydrogen-bond acceptors (Lipinski definition) is 4. The van der Waals surface area contributed by atoms with Gasteiger partial charge < -0.3 is 5.11 Å². The maximum atomic E-state index is 15.7. The van der Waals surface area contributed by atoms with E-state index in [4.69, 9.17) is 0 Å². The van der Waals surface area contributed by atoms with E-state index in [1.54, 1.807) is 11.8 Å². The van der Waals surface area contributed by atoms with Gasteiger partial charge in [0, 0.05) is 42.8 Å². The summed E-state index contributed by atoms with van der Waals surface area (Å²) in [5.41, 5.74) is -7.01. The molecular formula is C26H28F8N2O3S. The minimum atomic E-state index is -6.07. The number of fused-ring (bicyclic) bond motifs is 2. The fourth-order valence-electron chi connectivity index (χ4n) is 5.96. The maximum absolute atomic E-state index is 15.7. The summed E-state index contributed by atoms with van der Waals surface area (Å²) in [4.78, 5) is 1.78. The SMILES string of the molecule is CCc1c(-c2ccc(C(O)(C(F)(F)F)C(F)(F)F)cc2C)cc(F)c(CN2CC3CCC(C2)N3S(C)(=O)=O)c1F. The second-order valence-electron chi connectivity index (χ2n) is 10.4. The van der Waals surface area contributed by atoms with Gasteiger partial charge in [-0.2, -0.15) is 30.6 Å². The number of hydrogen-bond donors (Lipinski definition) is 1. The average Bonchev–Trinajstić information content (AvgIpc) is 3.11. The van der Waals surface area contributed by atoms with Crippen LogP contribution in [0, 0.1) is 18.6 Å². The number of nitrogens with zero attached hydrogens (tertiary/aromatic N) is 2. The lowest BCUT2D eigenvalue weighted by Gasteiger charge is -2.39. The average molecular weight is 601 g/mol. The molecule has 2 saturated heterocycles. The van der Waals surface area contributed by atoms with Crippen LogP contribution < -0.4 is 0 Å². The molecule has 2 bridgehead atoms. The van der Waals surface area contributed by atoms with Gasteiger partial charge in [0.05, 0.1) is 6.26 Å². The molecule has 4 rings (SSSR count). The van der Waals surface area contributed by atoms with Crippen LogP contribution in [0.2, 0.25) is 0 Å². The minimum absolute atomic E-state index is 0.0106. The molecule has 2 fully saturated rings. The Balaban J connectivity index is 1.69. The zero-order valence-electron chi connectivity index (χ0n) is 21.8. The topological polar surface area (TPSA) is 60.9 Å². The van der Waals surface area contributed by atoms with Crippen LogP contribution in [0.4, 0.5) is 35.1 Å². The molecule has 2 aromatic rings. The Kier molecular flexibility index (Phi) is 7.83. The summed E-state index contributed by atoms with van der Waals surface area (Å²) in [5.74, 6) is -1.84. The third-order valence-corrected chi connectivity index (χ3v) is 9.14. The molecule has 0 aromatic heterocycles. The Morgan fingerprint density at radius 1 is 0.925 bits per heavy atom. The lowest BCUT2D eigenvalue weighted by atomic mass is 9.86. The summed E-state index contributed by atoms with van der Waals surface area (Å²) < 4.78 is 137. The number of alkyl halides is 6. The van der Waals surface area contributed by atoms with Crippen molar-refractivity contribution in [3.05, 3.63) is 58.2 Å². The van der Waals surface area contributed by atoms with Crippen molar-refractivity contribution in [3.63, 3.8) is 0 Å². The predicted octanol–water partition coefficient (Wildman–Crippen LogP) is 5.42. The van der Waals surface area contributed by atoms with Crippen LogP contribution in [0.3, 0.4) is 0 Å². The third-order valence-electron chi connectivity index (χ3n) is 7.78. The van der Waals surface area contributed by atoms with E-state index in [0.717, 1.165) is 18.4 Å². The summed E-state index contributed by atoms with van der Waals surface area (Å²) in [7, 11) is -3.44. The molecule has 14 heteroatoms.